The maximum atomic E-state index is 12.0. The van der Waals surface area contributed by atoms with Gasteiger partial charge < -0.3 is 16.0 Å². The van der Waals surface area contributed by atoms with Crippen LogP contribution in [0.1, 0.15) is 50.5 Å². The van der Waals surface area contributed by atoms with Crippen molar-refractivity contribution < 1.29 is 4.79 Å². The van der Waals surface area contributed by atoms with Gasteiger partial charge in [-0.1, -0.05) is 20.8 Å². The number of nitrogens with two attached hydrogens (primary N) is 1. The van der Waals surface area contributed by atoms with Crippen molar-refractivity contribution in [2.24, 2.45) is 0 Å². The summed E-state index contributed by atoms with van der Waals surface area (Å²) in [6.07, 6.45) is 4.42. The normalized spacial score (nSPS) is 11.4. The standard InChI is InChI=1S/C12H21N3O/c1-4-12(5-2,6-3)15-11(16)10-7-9(13)8-14-10/h7-8,14H,4-6,13H2,1-3H3,(H,15,16). The number of rotatable bonds is 5. The second kappa shape index (κ2) is 5.05. The van der Waals surface area contributed by atoms with Crippen LogP contribution in [0.15, 0.2) is 12.3 Å². The van der Waals surface area contributed by atoms with Gasteiger partial charge in [-0.3, -0.25) is 4.79 Å². The summed E-state index contributed by atoms with van der Waals surface area (Å²) in [5.74, 6) is -0.0812. The lowest BCUT2D eigenvalue weighted by atomic mass is 9.89. The predicted octanol–water partition coefficient (Wildman–Crippen LogP) is 2.30. The highest BCUT2D eigenvalue weighted by molar-refractivity contribution is 5.93. The molecule has 1 amide bonds. The van der Waals surface area contributed by atoms with Crippen LogP contribution >= 0.6 is 0 Å². The quantitative estimate of drug-likeness (QED) is 0.716. The largest absolute Gasteiger partial charge is 0.397 e. The number of carbonyl (C=O) groups is 1. The minimum atomic E-state index is -0.100. The van der Waals surface area contributed by atoms with E-state index in [2.05, 4.69) is 31.1 Å². The van der Waals surface area contributed by atoms with E-state index in [1.165, 1.54) is 0 Å². The lowest BCUT2D eigenvalue weighted by Crippen LogP contribution is -2.47. The Balaban J connectivity index is 2.76. The molecular formula is C12H21N3O. The minimum Gasteiger partial charge on any atom is -0.397 e. The molecule has 0 spiro atoms. The molecule has 1 aromatic heterocycles. The first kappa shape index (κ1) is 12.6. The van der Waals surface area contributed by atoms with Crippen molar-refractivity contribution >= 4 is 11.6 Å². The van der Waals surface area contributed by atoms with E-state index >= 15 is 0 Å². The maximum Gasteiger partial charge on any atom is 0.268 e. The highest BCUT2D eigenvalue weighted by Gasteiger charge is 2.26. The lowest BCUT2D eigenvalue weighted by Gasteiger charge is -2.31. The van der Waals surface area contributed by atoms with Gasteiger partial charge in [0, 0.05) is 17.4 Å². The van der Waals surface area contributed by atoms with Gasteiger partial charge in [0.05, 0.1) is 0 Å². The molecule has 90 valence electrons. The van der Waals surface area contributed by atoms with E-state index in [9.17, 15) is 4.79 Å². The molecule has 0 aromatic carbocycles. The second-order valence-corrected chi connectivity index (χ2v) is 4.14. The van der Waals surface area contributed by atoms with Gasteiger partial charge in [-0.15, -0.1) is 0 Å². The smallest absolute Gasteiger partial charge is 0.268 e. The molecule has 0 radical (unpaired) electrons. The van der Waals surface area contributed by atoms with Crippen molar-refractivity contribution in [3.63, 3.8) is 0 Å². The Morgan fingerprint density at radius 1 is 1.38 bits per heavy atom. The number of hydrogen-bond donors (Lipinski definition) is 3. The van der Waals surface area contributed by atoms with Crippen molar-refractivity contribution in [3.8, 4) is 0 Å². The van der Waals surface area contributed by atoms with Crippen LogP contribution in [0, 0.1) is 0 Å². The molecule has 0 aliphatic heterocycles. The van der Waals surface area contributed by atoms with Gasteiger partial charge >= 0.3 is 0 Å². The Bertz CT molecular complexity index is 345. The molecule has 0 saturated carbocycles. The van der Waals surface area contributed by atoms with Crippen LogP contribution in [-0.4, -0.2) is 16.4 Å². The fraction of sp³-hybridized carbons (Fsp3) is 0.583. The molecule has 0 saturated heterocycles. The summed E-state index contributed by atoms with van der Waals surface area (Å²) >= 11 is 0. The van der Waals surface area contributed by atoms with E-state index in [1.807, 2.05) is 0 Å². The molecule has 0 atom stereocenters. The molecule has 0 bridgehead atoms. The zero-order chi connectivity index (χ0) is 12.2. The Morgan fingerprint density at radius 3 is 2.31 bits per heavy atom. The molecule has 4 heteroatoms. The van der Waals surface area contributed by atoms with Crippen molar-refractivity contribution in [2.45, 2.75) is 45.6 Å². The third-order valence-corrected chi connectivity index (χ3v) is 3.36. The zero-order valence-corrected chi connectivity index (χ0v) is 10.3. The fourth-order valence-corrected chi connectivity index (χ4v) is 1.87. The van der Waals surface area contributed by atoms with Gasteiger partial charge in [-0.05, 0) is 25.3 Å². The highest BCUT2D eigenvalue weighted by atomic mass is 16.2. The summed E-state index contributed by atoms with van der Waals surface area (Å²) in [4.78, 5) is 14.8. The van der Waals surface area contributed by atoms with Crippen LogP contribution < -0.4 is 11.1 Å². The number of anilines is 1. The SMILES string of the molecule is CCC(CC)(CC)NC(=O)c1cc(N)c[nH]1. The number of carbonyl (C=O) groups excluding carboxylic acids is 1. The van der Waals surface area contributed by atoms with Gasteiger partial charge in [-0.2, -0.15) is 0 Å². The van der Waals surface area contributed by atoms with Crippen LogP contribution in [0.3, 0.4) is 0 Å². The van der Waals surface area contributed by atoms with E-state index in [0.717, 1.165) is 19.3 Å². The first-order valence-corrected chi connectivity index (χ1v) is 5.83. The predicted molar refractivity (Wildman–Crippen MR) is 66.3 cm³/mol. The van der Waals surface area contributed by atoms with Crippen LogP contribution in [0.25, 0.3) is 0 Å². The molecule has 0 aliphatic carbocycles. The van der Waals surface area contributed by atoms with Crippen LogP contribution in [0.4, 0.5) is 5.69 Å². The Labute approximate surface area is 96.6 Å². The number of amides is 1. The topological polar surface area (TPSA) is 70.9 Å². The highest BCUT2D eigenvalue weighted by Crippen LogP contribution is 2.20. The summed E-state index contributed by atoms with van der Waals surface area (Å²) in [6.45, 7) is 6.28. The molecule has 0 fully saturated rings. The molecule has 0 aliphatic rings. The number of nitrogens with one attached hydrogen (secondary N) is 2. The van der Waals surface area contributed by atoms with Gasteiger partial charge in [0.1, 0.15) is 5.69 Å². The monoisotopic (exact) mass is 223 g/mol. The molecule has 1 heterocycles. The first-order chi connectivity index (χ1) is 7.56. The number of aromatic nitrogens is 1. The summed E-state index contributed by atoms with van der Waals surface area (Å²) < 4.78 is 0. The van der Waals surface area contributed by atoms with E-state index < -0.39 is 0 Å². The number of hydrogen-bond acceptors (Lipinski definition) is 2. The van der Waals surface area contributed by atoms with E-state index in [4.69, 9.17) is 5.73 Å². The summed E-state index contributed by atoms with van der Waals surface area (Å²) in [5.41, 5.74) is 6.57. The lowest BCUT2D eigenvalue weighted by molar-refractivity contribution is 0.0883. The fourth-order valence-electron chi connectivity index (χ4n) is 1.87. The third kappa shape index (κ3) is 2.56. The summed E-state index contributed by atoms with van der Waals surface area (Å²) in [5, 5.41) is 3.08. The van der Waals surface area contributed by atoms with Gasteiger partial charge in [0.2, 0.25) is 0 Å². The van der Waals surface area contributed by atoms with Crippen LogP contribution in [0.2, 0.25) is 0 Å². The molecule has 4 N–H and O–H groups in total. The molecular weight excluding hydrogens is 202 g/mol. The second-order valence-electron chi connectivity index (χ2n) is 4.14. The summed E-state index contributed by atoms with van der Waals surface area (Å²) in [7, 11) is 0. The number of H-pyrrole nitrogens is 1. The Hall–Kier alpha value is -1.45. The van der Waals surface area contributed by atoms with Crippen LogP contribution in [-0.2, 0) is 0 Å². The van der Waals surface area contributed by atoms with E-state index in [0.29, 0.717) is 11.4 Å². The Morgan fingerprint density at radius 2 is 1.94 bits per heavy atom. The molecule has 1 aromatic rings. The van der Waals surface area contributed by atoms with Gasteiger partial charge in [-0.25, -0.2) is 0 Å². The van der Waals surface area contributed by atoms with Crippen molar-refractivity contribution in [1.29, 1.82) is 0 Å². The van der Waals surface area contributed by atoms with Crippen molar-refractivity contribution in [3.05, 3.63) is 18.0 Å². The van der Waals surface area contributed by atoms with E-state index in [1.54, 1.807) is 12.3 Å². The van der Waals surface area contributed by atoms with Gasteiger partial charge in [0.15, 0.2) is 0 Å². The molecule has 1 rings (SSSR count). The van der Waals surface area contributed by atoms with Crippen LogP contribution in [0.5, 0.6) is 0 Å². The third-order valence-electron chi connectivity index (χ3n) is 3.36. The summed E-state index contributed by atoms with van der Waals surface area (Å²) in [6, 6.07) is 1.65. The average Bonchev–Trinajstić information content (AvgIpc) is 2.73. The van der Waals surface area contributed by atoms with Gasteiger partial charge in [0.25, 0.3) is 5.91 Å². The molecule has 0 unspecified atom stereocenters. The average molecular weight is 223 g/mol. The first-order valence-electron chi connectivity index (χ1n) is 5.83. The number of nitrogen functional groups attached to an aromatic ring is 1. The minimum absolute atomic E-state index is 0.0812. The van der Waals surface area contributed by atoms with Crippen molar-refractivity contribution in [2.75, 3.05) is 5.73 Å². The maximum absolute atomic E-state index is 12.0. The zero-order valence-electron chi connectivity index (χ0n) is 10.3. The Kier molecular flexibility index (Phi) is 3.99. The van der Waals surface area contributed by atoms with E-state index in [-0.39, 0.29) is 11.4 Å². The molecule has 16 heavy (non-hydrogen) atoms. The van der Waals surface area contributed by atoms with Crippen molar-refractivity contribution in [1.82, 2.24) is 10.3 Å². The number of aromatic amines is 1. The molecule has 4 nitrogen and oxygen atoms in total.